The molecule has 2 aliphatic heterocycles. The normalized spacial score (nSPS) is 21.7. The molecule has 43 heavy (non-hydrogen) atoms. The van der Waals surface area contributed by atoms with Crippen LogP contribution in [0.2, 0.25) is 0 Å². The number of nitrogens with zero attached hydrogens (tertiary/aromatic N) is 3. The van der Waals surface area contributed by atoms with Gasteiger partial charge in [-0.3, -0.25) is 14.3 Å². The number of alkyl halides is 2. The second-order valence-electron chi connectivity index (χ2n) is 12.5. The van der Waals surface area contributed by atoms with Gasteiger partial charge in [-0.1, -0.05) is 0 Å². The van der Waals surface area contributed by atoms with E-state index in [2.05, 4.69) is 19.9 Å². The molecule has 4 fully saturated rings. The molecule has 0 atom stereocenters. The van der Waals surface area contributed by atoms with Crippen molar-refractivity contribution in [2.24, 2.45) is 5.41 Å². The fourth-order valence-corrected chi connectivity index (χ4v) is 7.78. The minimum atomic E-state index is -4.08. The number of sulfonamides is 1. The number of benzene rings is 1. The first-order valence-corrected chi connectivity index (χ1v) is 16.3. The van der Waals surface area contributed by atoms with E-state index in [0.29, 0.717) is 28.3 Å². The van der Waals surface area contributed by atoms with Gasteiger partial charge in [0.2, 0.25) is 10.0 Å². The first kappa shape index (κ1) is 29.6. The van der Waals surface area contributed by atoms with Crippen LogP contribution in [0.1, 0.15) is 67.3 Å². The standard InChI is InChI=1S/C30H37F2N5O5S/c1-20-17-24(33-25(18-20)37-15-11-30(31,32)12-16-37)34-26(38)22-4-3-21(35-43(40,41)29(7-8-29)27(39)42-2)19-23(22)36-13-9-28(5-6-28)10-14-36/h3-4,17-19,35H,5-16H2,1-2H3,(H,33,34,38). The quantitative estimate of drug-likeness (QED) is 0.409. The van der Waals surface area contributed by atoms with Crippen LogP contribution in [0.25, 0.3) is 0 Å². The van der Waals surface area contributed by atoms with E-state index in [1.165, 1.54) is 26.0 Å². The number of aromatic nitrogens is 1. The Bertz CT molecular complexity index is 1540. The number of nitrogens with one attached hydrogen (secondary N) is 2. The summed E-state index contributed by atoms with van der Waals surface area (Å²) in [6.07, 6.45) is 4.27. The largest absolute Gasteiger partial charge is 0.468 e. The highest BCUT2D eigenvalue weighted by atomic mass is 32.2. The van der Waals surface area contributed by atoms with Gasteiger partial charge in [0, 0.05) is 39.0 Å². The van der Waals surface area contributed by atoms with Gasteiger partial charge >= 0.3 is 5.97 Å². The highest BCUT2D eigenvalue weighted by molar-refractivity contribution is 7.95. The van der Waals surface area contributed by atoms with E-state index in [-0.39, 0.29) is 44.5 Å². The van der Waals surface area contributed by atoms with Gasteiger partial charge < -0.3 is 19.9 Å². The summed E-state index contributed by atoms with van der Waals surface area (Å²) in [6, 6.07) is 8.27. The summed E-state index contributed by atoms with van der Waals surface area (Å²) in [4.78, 5) is 34.4. The zero-order valence-corrected chi connectivity index (χ0v) is 25.2. The number of ether oxygens (including phenoxy) is 1. The summed E-state index contributed by atoms with van der Waals surface area (Å²) in [6.45, 7) is 3.66. The number of hydrogen-bond acceptors (Lipinski definition) is 8. The van der Waals surface area contributed by atoms with Crippen molar-refractivity contribution in [1.82, 2.24) is 4.98 Å². The van der Waals surface area contributed by atoms with Crippen LogP contribution in [0, 0.1) is 12.3 Å². The second kappa shape index (κ2) is 10.6. The van der Waals surface area contributed by atoms with Crippen molar-refractivity contribution in [3.05, 3.63) is 41.5 Å². The van der Waals surface area contributed by atoms with Crippen LogP contribution in [0.5, 0.6) is 0 Å². The second-order valence-corrected chi connectivity index (χ2v) is 14.5. The van der Waals surface area contributed by atoms with Gasteiger partial charge in [0.25, 0.3) is 11.8 Å². The average Bonchev–Trinajstić information content (AvgIpc) is 3.89. The number of pyridine rings is 1. The summed E-state index contributed by atoms with van der Waals surface area (Å²) >= 11 is 0. The molecule has 1 spiro atoms. The van der Waals surface area contributed by atoms with Crippen molar-refractivity contribution in [2.75, 3.05) is 53.1 Å². The molecule has 2 aliphatic carbocycles. The summed E-state index contributed by atoms with van der Waals surface area (Å²) in [7, 11) is -2.91. The molecule has 3 heterocycles. The molecule has 232 valence electrons. The van der Waals surface area contributed by atoms with Crippen LogP contribution in [-0.4, -0.2) is 69.2 Å². The third-order valence-corrected chi connectivity index (χ3v) is 11.5. The van der Waals surface area contributed by atoms with Gasteiger partial charge in [0.15, 0.2) is 4.75 Å². The van der Waals surface area contributed by atoms with Crippen LogP contribution in [0.4, 0.5) is 31.8 Å². The Hall–Kier alpha value is -3.48. The van der Waals surface area contributed by atoms with Crippen LogP contribution in [0.15, 0.2) is 30.3 Å². The van der Waals surface area contributed by atoms with Crippen molar-refractivity contribution in [3.8, 4) is 0 Å². The smallest absolute Gasteiger partial charge is 0.329 e. The van der Waals surface area contributed by atoms with Crippen LogP contribution < -0.4 is 19.8 Å². The molecule has 0 unspecified atom stereocenters. The third-order valence-electron chi connectivity index (χ3n) is 9.41. The van der Waals surface area contributed by atoms with E-state index >= 15 is 0 Å². The van der Waals surface area contributed by atoms with E-state index in [4.69, 9.17) is 4.74 Å². The van der Waals surface area contributed by atoms with E-state index in [1.807, 2.05) is 13.0 Å². The van der Waals surface area contributed by atoms with Crippen molar-refractivity contribution < 1.29 is 31.5 Å². The first-order chi connectivity index (χ1) is 20.3. The molecule has 2 saturated heterocycles. The minimum absolute atomic E-state index is 0.173. The zero-order chi connectivity index (χ0) is 30.6. The Morgan fingerprint density at radius 2 is 1.56 bits per heavy atom. The predicted octanol–water partition coefficient (Wildman–Crippen LogP) is 4.71. The summed E-state index contributed by atoms with van der Waals surface area (Å²) < 4.78 is 59.5. The lowest BCUT2D eigenvalue weighted by atomic mass is 9.93. The van der Waals surface area contributed by atoms with Gasteiger partial charge in [-0.15, -0.1) is 0 Å². The fraction of sp³-hybridized carbons (Fsp3) is 0.567. The van der Waals surface area contributed by atoms with Crippen molar-refractivity contribution in [1.29, 1.82) is 0 Å². The zero-order valence-electron chi connectivity index (χ0n) is 24.4. The first-order valence-electron chi connectivity index (χ1n) is 14.8. The molecule has 10 nitrogen and oxygen atoms in total. The lowest BCUT2D eigenvalue weighted by Gasteiger charge is -2.35. The van der Waals surface area contributed by atoms with Crippen LogP contribution in [0.3, 0.4) is 0 Å². The number of halogens is 2. The van der Waals surface area contributed by atoms with Crippen LogP contribution >= 0.6 is 0 Å². The molecule has 2 aromatic rings. The average molecular weight is 618 g/mol. The summed E-state index contributed by atoms with van der Waals surface area (Å²) in [5, 5.41) is 2.88. The number of aryl methyl sites for hydroxylation is 1. The number of carbonyl (C=O) groups excluding carboxylic acids is 2. The van der Waals surface area contributed by atoms with Crippen molar-refractivity contribution in [2.45, 2.75) is 69.0 Å². The topological polar surface area (TPSA) is 121 Å². The molecule has 4 aliphatic rings. The molecule has 0 bridgehead atoms. The number of carbonyl (C=O) groups is 2. The Balaban J connectivity index is 1.26. The monoisotopic (exact) mass is 617 g/mol. The Morgan fingerprint density at radius 1 is 0.907 bits per heavy atom. The molecule has 1 aromatic carbocycles. The van der Waals surface area contributed by atoms with Crippen molar-refractivity contribution in [3.63, 3.8) is 0 Å². The van der Waals surface area contributed by atoms with E-state index in [9.17, 15) is 26.8 Å². The van der Waals surface area contributed by atoms with Gasteiger partial charge in [-0.2, -0.15) is 0 Å². The Labute approximate surface area is 250 Å². The highest BCUT2D eigenvalue weighted by Crippen LogP contribution is 2.54. The molecule has 1 amide bonds. The maximum absolute atomic E-state index is 13.7. The van der Waals surface area contributed by atoms with Gasteiger partial charge in [-0.25, -0.2) is 22.2 Å². The van der Waals surface area contributed by atoms with Crippen molar-refractivity contribution >= 4 is 44.9 Å². The lowest BCUT2D eigenvalue weighted by Crippen LogP contribution is -2.39. The maximum Gasteiger partial charge on any atom is 0.329 e. The number of esters is 1. The molecule has 2 N–H and O–H groups in total. The van der Waals surface area contributed by atoms with E-state index < -0.39 is 32.6 Å². The minimum Gasteiger partial charge on any atom is -0.468 e. The summed E-state index contributed by atoms with van der Waals surface area (Å²) in [5.74, 6) is -3.05. The Kier molecular flexibility index (Phi) is 7.29. The molecule has 6 rings (SSSR count). The van der Waals surface area contributed by atoms with Crippen LogP contribution in [-0.2, 0) is 19.6 Å². The molecule has 2 saturated carbocycles. The van der Waals surface area contributed by atoms with E-state index in [0.717, 1.165) is 31.5 Å². The summed E-state index contributed by atoms with van der Waals surface area (Å²) in [5.41, 5.74) is 2.41. The number of amides is 1. The molecule has 1 aromatic heterocycles. The number of methoxy groups -OCH3 is 1. The SMILES string of the molecule is COC(=O)C1(S(=O)(=O)Nc2ccc(C(=O)Nc3cc(C)cc(N4CCC(F)(F)CC4)n3)c(N3CCC4(CC3)CC4)c2)CC1. The third kappa shape index (κ3) is 5.87. The van der Waals surface area contributed by atoms with E-state index in [1.54, 1.807) is 23.1 Å². The Morgan fingerprint density at radius 3 is 2.16 bits per heavy atom. The van der Waals surface area contributed by atoms with Gasteiger partial charge in [0.1, 0.15) is 11.6 Å². The number of piperidine rings is 2. The number of hydrogen-bond donors (Lipinski definition) is 2. The molecule has 0 radical (unpaired) electrons. The number of anilines is 4. The molecule has 13 heteroatoms. The molecular weight excluding hydrogens is 580 g/mol. The predicted molar refractivity (Wildman–Crippen MR) is 159 cm³/mol. The molecular formula is C30H37F2N5O5S. The lowest BCUT2D eigenvalue weighted by molar-refractivity contribution is -0.140. The van der Waals surface area contributed by atoms with Gasteiger partial charge in [0.05, 0.1) is 24.0 Å². The fourth-order valence-electron chi connectivity index (χ4n) is 6.20. The maximum atomic E-state index is 13.7. The number of rotatable bonds is 8. The highest BCUT2D eigenvalue weighted by Gasteiger charge is 2.62. The van der Waals surface area contributed by atoms with Gasteiger partial charge in [-0.05, 0) is 86.8 Å².